The van der Waals surface area contributed by atoms with Crippen molar-refractivity contribution in [3.05, 3.63) is 28.2 Å². The van der Waals surface area contributed by atoms with Crippen LogP contribution in [0.1, 0.15) is 43.7 Å². The van der Waals surface area contributed by atoms with Crippen LogP contribution in [-0.2, 0) is 11.3 Å². The van der Waals surface area contributed by atoms with Crippen LogP contribution in [0.2, 0.25) is 0 Å². The van der Waals surface area contributed by atoms with Gasteiger partial charge in [-0.15, -0.1) is 0 Å². The average Bonchev–Trinajstić information content (AvgIpc) is 3.32. The Labute approximate surface area is 135 Å². The van der Waals surface area contributed by atoms with Crippen molar-refractivity contribution in [2.75, 3.05) is 19.6 Å². The number of hydrogen-bond acceptors (Lipinski definition) is 4. The Morgan fingerprint density at radius 1 is 1.09 bits per heavy atom. The monoisotopic (exact) mass is 316 g/mol. The lowest BCUT2D eigenvalue weighted by molar-refractivity contribution is -0.124. The van der Waals surface area contributed by atoms with Gasteiger partial charge in [0, 0.05) is 25.1 Å². The smallest absolute Gasteiger partial charge is 0.266 e. The number of likely N-dealkylation sites (tertiary alicyclic amines) is 1. The molecule has 2 saturated heterocycles. The lowest BCUT2D eigenvalue weighted by Crippen LogP contribution is -2.45. The van der Waals surface area contributed by atoms with Crippen LogP contribution in [0, 0.1) is 5.92 Å². The number of carbonyl (C=O) groups is 1. The maximum Gasteiger partial charge on any atom is 0.266 e. The molecule has 0 bridgehead atoms. The van der Waals surface area contributed by atoms with Gasteiger partial charge in [-0.25, -0.2) is 4.68 Å². The Balaban J connectivity index is 1.37. The second kappa shape index (κ2) is 6.07. The molecule has 1 unspecified atom stereocenters. The van der Waals surface area contributed by atoms with Crippen molar-refractivity contribution in [1.29, 1.82) is 0 Å². The highest BCUT2D eigenvalue weighted by Gasteiger charge is 2.33. The van der Waals surface area contributed by atoms with Gasteiger partial charge in [0.2, 0.25) is 5.91 Å². The third kappa shape index (κ3) is 3.17. The summed E-state index contributed by atoms with van der Waals surface area (Å²) in [6.45, 7) is 3.40. The van der Waals surface area contributed by atoms with Crippen molar-refractivity contribution in [2.24, 2.45) is 5.92 Å². The van der Waals surface area contributed by atoms with Gasteiger partial charge in [-0.2, -0.15) is 5.10 Å². The highest BCUT2D eigenvalue weighted by Crippen LogP contribution is 2.38. The Morgan fingerprint density at radius 2 is 1.87 bits per heavy atom. The molecule has 23 heavy (non-hydrogen) atoms. The average molecular weight is 316 g/mol. The number of nitrogens with zero attached hydrogens (tertiary/aromatic N) is 3. The first-order valence-electron chi connectivity index (χ1n) is 8.80. The molecule has 1 N–H and O–H groups in total. The Hall–Kier alpha value is -1.69. The van der Waals surface area contributed by atoms with E-state index >= 15 is 0 Å². The fourth-order valence-corrected chi connectivity index (χ4v) is 3.81. The first-order valence-corrected chi connectivity index (χ1v) is 8.80. The summed E-state index contributed by atoms with van der Waals surface area (Å²) in [7, 11) is 0. The van der Waals surface area contributed by atoms with Gasteiger partial charge in [0.05, 0.1) is 11.7 Å². The van der Waals surface area contributed by atoms with Crippen LogP contribution in [-0.4, -0.2) is 46.3 Å². The first kappa shape index (κ1) is 14.9. The molecule has 1 aliphatic carbocycles. The van der Waals surface area contributed by atoms with E-state index < -0.39 is 0 Å². The van der Waals surface area contributed by atoms with E-state index in [0.717, 1.165) is 44.6 Å². The number of hydrogen-bond donors (Lipinski definition) is 1. The minimum atomic E-state index is 0.00648. The third-order valence-electron chi connectivity index (χ3n) is 5.42. The summed E-state index contributed by atoms with van der Waals surface area (Å²) in [5.41, 5.74) is 1.08. The molecule has 2 aliphatic heterocycles. The van der Waals surface area contributed by atoms with Crippen molar-refractivity contribution in [2.45, 2.75) is 50.6 Å². The standard InChI is InChI=1S/C17H24N4O2/c22-16-4-3-14(13-1-2-13)19-21(16)11-12-6-9-20(10-7-12)15-5-8-18-17(15)23/h3-4,12-13,15H,1-2,5-11H2,(H,18,23). The predicted octanol–water partition coefficient (Wildman–Crippen LogP) is 0.721. The number of nitrogens with one attached hydrogen (secondary N) is 1. The minimum Gasteiger partial charge on any atom is -0.355 e. The van der Waals surface area contributed by atoms with E-state index in [1.807, 2.05) is 6.07 Å². The van der Waals surface area contributed by atoms with E-state index in [1.54, 1.807) is 10.7 Å². The first-order chi connectivity index (χ1) is 11.2. The molecule has 6 heteroatoms. The zero-order valence-corrected chi connectivity index (χ0v) is 13.4. The maximum absolute atomic E-state index is 12.0. The predicted molar refractivity (Wildman–Crippen MR) is 86.2 cm³/mol. The summed E-state index contributed by atoms with van der Waals surface area (Å²) < 4.78 is 1.66. The van der Waals surface area contributed by atoms with Crippen molar-refractivity contribution < 1.29 is 4.79 Å². The van der Waals surface area contributed by atoms with E-state index in [9.17, 15) is 9.59 Å². The molecule has 0 aromatic carbocycles. The minimum absolute atomic E-state index is 0.00648. The quantitative estimate of drug-likeness (QED) is 0.889. The fraction of sp³-hybridized carbons (Fsp3) is 0.706. The normalized spacial score (nSPS) is 26.4. The zero-order valence-electron chi connectivity index (χ0n) is 13.4. The number of rotatable bonds is 4. The molecule has 3 heterocycles. The summed E-state index contributed by atoms with van der Waals surface area (Å²) in [5, 5.41) is 7.48. The number of aromatic nitrogens is 2. The van der Waals surface area contributed by atoms with E-state index in [0.29, 0.717) is 18.4 Å². The zero-order chi connectivity index (χ0) is 15.8. The Morgan fingerprint density at radius 3 is 2.52 bits per heavy atom. The molecule has 0 radical (unpaired) electrons. The molecule has 0 spiro atoms. The molecular weight excluding hydrogens is 292 g/mol. The van der Waals surface area contributed by atoms with E-state index in [4.69, 9.17) is 0 Å². The van der Waals surface area contributed by atoms with Gasteiger partial charge in [-0.1, -0.05) is 0 Å². The van der Waals surface area contributed by atoms with E-state index in [1.165, 1.54) is 12.8 Å². The van der Waals surface area contributed by atoms with E-state index in [-0.39, 0.29) is 17.5 Å². The van der Waals surface area contributed by atoms with Gasteiger partial charge in [0.25, 0.3) is 5.56 Å². The molecule has 124 valence electrons. The summed E-state index contributed by atoms with van der Waals surface area (Å²) in [6.07, 6.45) is 5.39. The van der Waals surface area contributed by atoms with Crippen molar-refractivity contribution in [3.8, 4) is 0 Å². The van der Waals surface area contributed by atoms with Gasteiger partial charge in [0.1, 0.15) is 0 Å². The Bertz CT molecular complexity index is 644. The lowest BCUT2D eigenvalue weighted by atomic mass is 9.95. The van der Waals surface area contributed by atoms with Gasteiger partial charge in [-0.3, -0.25) is 14.5 Å². The highest BCUT2D eigenvalue weighted by atomic mass is 16.2. The van der Waals surface area contributed by atoms with Crippen molar-refractivity contribution in [1.82, 2.24) is 20.0 Å². The number of carbonyl (C=O) groups excluding carboxylic acids is 1. The maximum atomic E-state index is 12.0. The summed E-state index contributed by atoms with van der Waals surface area (Å²) >= 11 is 0. The van der Waals surface area contributed by atoms with Crippen LogP contribution in [0.15, 0.2) is 16.9 Å². The van der Waals surface area contributed by atoms with Crippen LogP contribution in [0.5, 0.6) is 0 Å². The molecule has 3 fully saturated rings. The Kier molecular flexibility index (Phi) is 3.93. The molecule has 4 rings (SSSR count). The van der Waals surface area contributed by atoms with Gasteiger partial charge >= 0.3 is 0 Å². The second-order valence-corrected chi connectivity index (χ2v) is 7.13. The molecule has 1 amide bonds. The summed E-state index contributed by atoms with van der Waals surface area (Å²) in [5.74, 6) is 1.23. The largest absolute Gasteiger partial charge is 0.355 e. The van der Waals surface area contributed by atoms with Crippen molar-refractivity contribution in [3.63, 3.8) is 0 Å². The molecule has 1 aromatic heterocycles. The van der Waals surface area contributed by atoms with Crippen LogP contribution in [0.4, 0.5) is 0 Å². The molecular formula is C17H24N4O2. The third-order valence-corrected chi connectivity index (χ3v) is 5.42. The van der Waals surface area contributed by atoms with Crippen LogP contribution in [0.3, 0.4) is 0 Å². The summed E-state index contributed by atoms with van der Waals surface area (Å²) in [4.78, 5) is 26.1. The number of amides is 1. The van der Waals surface area contributed by atoms with Gasteiger partial charge in [-0.05, 0) is 57.2 Å². The fourth-order valence-electron chi connectivity index (χ4n) is 3.81. The van der Waals surface area contributed by atoms with Gasteiger partial charge in [0.15, 0.2) is 0 Å². The molecule has 1 aromatic rings. The molecule has 1 saturated carbocycles. The topological polar surface area (TPSA) is 67.2 Å². The van der Waals surface area contributed by atoms with Crippen LogP contribution in [0.25, 0.3) is 0 Å². The van der Waals surface area contributed by atoms with Crippen molar-refractivity contribution >= 4 is 5.91 Å². The highest BCUT2D eigenvalue weighted by molar-refractivity contribution is 5.83. The molecule has 1 atom stereocenters. The lowest BCUT2D eigenvalue weighted by Gasteiger charge is -2.34. The van der Waals surface area contributed by atoms with Gasteiger partial charge < -0.3 is 5.32 Å². The van der Waals surface area contributed by atoms with Crippen LogP contribution < -0.4 is 10.9 Å². The van der Waals surface area contributed by atoms with E-state index in [2.05, 4.69) is 15.3 Å². The second-order valence-electron chi connectivity index (χ2n) is 7.13. The number of piperidine rings is 1. The molecule has 3 aliphatic rings. The summed E-state index contributed by atoms with van der Waals surface area (Å²) in [6, 6.07) is 3.62. The SMILES string of the molecule is O=C1NCCC1N1CCC(Cn2nc(C3CC3)ccc2=O)CC1. The molecule has 6 nitrogen and oxygen atoms in total. The van der Waals surface area contributed by atoms with Crippen LogP contribution >= 0.6 is 0 Å².